The van der Waals surface area contributed by atoms with Gasteiger partial charge in [-0.2, -0.15) is 0 Å². The molecular formula is C19H15NO5. The first-order valence-electron chi connectivity index (χ1n) is 7.66. The predicted molar refractivity (Wildman–Crippen MR) is 91.8 cm³/mol. The second kappa shape index (κ2) is 6.60. The molecule has 1 heterocycles. The number of fused-ring (bicyclic) bond motifs is 1. The maximum absolute atomic E-state index is 12.3. The molecule has 2 N–H and O–H groups in total. The number of carbonyl (C=O) groups excluding carboxylic acids is 2. The molecule has 0 unspecified atom stereocenters. The van der Waals surface area contributed by atoms with Gasteiger partial charge in [-0.15, -0.1) is 0 Å². The van der Waals surface area contributed by atoms with Crippen molar-refractivity contribution in [1.82, 2.24) is 0 Å². The average molecular weight is 337 g/mol. The van der Waals surface area contributed by atoms with Crippen molar-refractivity contribution in [1.29, 1.82) is 0 Å². The molecule has 1 amide bonds. The first kappa shape index (κ1) is 16.4. The van der Waals surface area contributed by atoms with E-state index in [0.29, 0.717) is 11.0 Å². The standard InChI is InChI=1S/C19H15NO5/c1-2-11-6-7-16-13(8-11)10-15(19(23)25-16)18(22)24-14-5-3-4-12(9-14)17(20)21/h3-10H,2H2,1H3,(H2,20,21). The van der Waals surface area contributed by atoms with Crippen LogP contribution in [0, 0.1) is 0 Å². The Bertz CT molecular complexity index is 1040. The third-order valence-corrected chi connectivity index (χ3v) is 3.75. The highest BCUT2D eigenvalue weighted by molar-refractivity contribution is 5.95. The van der Waals surface area contributed by atoms with Crippen LogP contribution in [0.2, 0.25) is 0 Å². The number of aryl methyl sites for hydroxylation is 1. The number of carbonyl (C=O) groups is 2. The van der Waals surface area contributed by atoms with Crippen molar-refractivity contribution >= 4 is 22.8 Å². The number of esters is 1. The van der Waals surface area contributed by atoms with E-state index < -0.39 is 17.5 Å². The van der Waals surface area contributed by atoms with Crippen molar-refractivity contribution in [2.45, 2.75) is 13.3 Å². The molecule has 1 aromatic heterocycles. The minimum atomic E-state index is -0.862. The molecule has 0 aliphatic heterocycles. The van der Waals surface area contributed by atoms with Gasteiger partial charge in [-0.05, 0) is 48.4 Å². The normalized spacial score (nSPS) is 10.6. The van der Waals surface area contributed by atoms with Crippen LogP contribution < -0.4 is 16.1 Å². The highest BCUT2D eigenvalue weighted by Gasteiger charge is 2.17. The first-order chi connectivity index (χ1) is 12.0. The number of ether oxygens (including phenoxy) is 1. The summed E-state index contributed by atoms with van der Waals surface area (Å²) in [7, 11) is 0. The van der Waals surface area contributed by atoms with Gasteiger partial charge in [0.25, 0.3) is 0 Å². The molecule has 0 saturated carbocycles. The number of amides is 1. The summed E-state index contributed by atoms with van der Waals surface area (Å²) in [6, 6.07) is 12.7. The fourth-order valence-electron chi connectivity index (χ4n) is 2.41. The molecule has 2 aromatic carbocycles. The van der Waals surface area contributed by atoms with Gasteiger partial charge in [0.05, 0.1) is 0 Å². The Hall–Kier alpha value is -3.41. The van der Waals surface area contributed by atoms with Crippen molar-refractivity contribution in [3.8, 4) is 5.75 Å². The number of hydrogen-bond acceptors (Lipinski definition) is 5. The summed E-state index contributed by atoms with van der Waals surface area (Å²) < 4.78 is 10.4. The van der Waals surface area contributed by atoms with E-state index in [4.69, 9.17) is 14.9 Å². The van der Waals surface area contributed by atoms with Crippen LogP contribution in [0.25, 0.3) is 11.0 Å². The van der Waals surface area contributed by atoms with Crippen LogP contribution >= 0.6 is 0 Å². The van der Waals surface area contributed by atoms with Crippen molar-refractivity contribution in [3.63, 3.8) is 0 Å². The topological polar surface area (TPSA) is 99.6 Å². The molecule has 25 heavy (non-hydrogen) atoms. The molecule has 0 saturated heterocycles. The molecule has 0 spiro atoms. The van der Waals surface area contributed by atoms with E-state index in [-0.39, 0.29) is 16.9 Å². The van der Waals surface area contributed by atoms with Crippen LogP contribution in [0.1, 0.15) is 33.2 Å². The van der Waals surface area contributed by atoms with E-state index in [1.54, 1.807) is 6.07 Å². The first-order valence-corrected chi connectivity index (χ1v) is 7.66. The van der Waals surface area contributed by atoms with Crippen LogP contribution in [0.5, 0.6) is 5.75 Å². The molecule has 6 nitrogen and oxygen atoms in total. The van der Waals surface area contributed by atoms with Gasteiger partial charge in [0, 0.05) is 10.9 Å². The Morgan fingerprint density at radius 2 is 1.92 bits per heavy atom. The van der Waals surface area contributed by atoms with Crippen LogP contribution in [0.15, 0.2) is 57.7 Å². The predicted octanol–water partition coefficient (Wildman–Crippen LogP) is 2.67. The summed E-state index contributed by atoms with van der Waals surface area (Å²) in [5, 5.41) is 0.636. The molecule has 3 aromatic rings. The second-order valence-electron chi connectivity index (χ2n) is 5.45. The molecule has 126 valence electrons. The fraction of sp³-hybridized carbons (Fsp3) is 0.105. The largest absolute Gasteiger partial charge is 0.423 e. The van der Waals surface area contributed by atoms with Crippen LogP contribution in [0.3, 0.4) is 0 Å². The van der Waals surface area contributed by atoms with Gasteiger partial charge in [0.1, 0.15) is 16.9 Å². The number of rotatable bonds is 4. The van der Waals surface area contributed by atoms with Gasteiger partial charge in [-0.1, -0.05) is 19.1 Å². The van der Waals surface area contributed by atoms with Crippen molar-refractivity contribution in [2.75, 3.05) is 0 Å². The Balaban J connectivity index is 1.96. The number of hydrogen-bond donors (Lipinski definition) is 1. The van der Waals surface area contributed by atoms with Crippen molar-refractivity contribution in [3.05, 3.63) is 75.6 Å². The maximum atomic E-state index is 12.3. The molecular weight excluding hydrogens is 322 g/mol. The van der Waals surface area contributed by atoms with Crippen LogP contribution in [-0.2, 0) is 6.42 Å². The number of benzene rings is 2. The molecule has 0 aliphatic carbocycles. The van der Waals surface area contributed by atoms with Crippen molar-refractivity contribution < 1.29 is 18.7 Å². The second-order valence-corrected chi connectivity index (χ2v) is 5.45. The highest BCUT2D eigenvalue weighted by atomic mass is 16.5. The molecule has 0 fully saturated rings. The number of nitrogens with two attached hydrogens (primary N) is 1. The van der Waals surface area contributed by atoms with E-state index in [9.17, 15) is 14.4 Å². The van der Waals surface area contributed by atoms with Crippen LogP contribution in [0.4, 0.5) is 0 Å². The van der Waals surface area contributed by atoms with E-state index >= 15 is 0 Å². The quantitative estimate of drug-likeness (QED) is 0.448. The molecule has 3 rings (SSSR count). The maximum Gasteiger partial charge on any atom is 0.351 e. The lowest BCUT2D eigenvalue weighted by Gasteiger charge is -2.06. The fourth-order valence-corrected chi connectivity index (χ4v) is 2.41. The SMILES string of the molecule is CCc1ccc2oc(=O)c(C(=O)Oc3cccc(C(N)=O)c3)cc2c1. The summed E-state index contributed by atoms with van der Waals surface area (Å²) in [5.41, 5.74) is 5.84. The molecule has 0 bridgehead atoms. The van der Waals surface area contributed by atoms with E-state index in [2.05, 4.69) is 0 Å². The Kier molecular flexibility index (Phi) is 4.35. The minimum absolute atomic E-state index is 0.114. The molecule has 0 atom stereocenters. The van der Waals surface area contributed by atoms with Gasteiger partial charge in [0.2, 0.25) is 5.91 Å². The van der Waals surface area contributed by atoms with Gasteiger partial charge < -0.3 is 14.9 Å². The molecule has 0 radical (unpaired) electrons. The Labute approximate surface area is 142 Å². The van der Waals surface area contributed by atoms with Gasteiger partial charge in [-0.25, -0.2) is 9.59 Å². The third-order valence-electron chi connectivity index (χ3n) is 3.75. The lowest BCUT2D eigenvalue weighted by Crippen LogP contribution is -2.19. The lowest BCUT2D eigenvalue weighted by molar-refractivity contribution is 0.0729. The van der Waals surface area contributed by atoms with Crippen molar-refractivity contribution in [2.24, 2.45) is 5.73 Å². The molecule has 6 heteroatoms. The minimum Gasteiger partial charge on any atom is -0.423 e. The number of primary amides is 1. The monoisotopic (exact) mass is 337 g/mol. The lowest BCUT2D eigenvalue weighted by atomic mass is 10.1. The highest BCUT2D eigenvalue weighted by Crippen LogP contribution is 2.18. The average Bonchev–Trinajstić information content (AvgIpc) is 2.60. The Morgan fingerprint density at radius 1 is 1.12 bits per heavy atom. The summed E-state index contributed by atoms with van der Waals surface area (Å²) >= 11 is 0. The van der Waals surface area contributed by atoms with E-state index in [1.807, 2.05) is 19.1 Å². The Morgan fingerprint density at radius 3 is 2.64 bits per heavy atom. The zero-order valence-electron chi connectivity index (χ0n) is 13.4. The zero-order chi connectivity index (χ0) is 18.0. The zero-order valence-corrected chi connectivity index (χ0v) is 13.4. The summed E-state index contributed by atoms with van der Waals surface area (Å²) in [5.74, 6) is -1.39. The van der Waals surface area contributed by atoms with Crippen LogP contribution in [-0.4, -0.2) is 11.9 Å². The van der Waals surface area contributed by atoms with Gasteiger partial charge in [-0.3, -0.25) is 4.79 Å². The van der Waals surface area contributed by atoms with E-state index in [1.165, 1.54) is 30.3 Å². The van der Waals surface area contributed by atoms with Gasteiger partial charge >= 0.3 is 11.6 Å². The smallest absolute Gasteiger partial charge is 0.351 e. The summed E-state index contributed by atoms with van der Waals surface area (Å²) in [6.45, 7) is 2.00. The van der Waals surface area contributed by atoms with Gasteiger partial charge in [0.15, 0.2) is 0 Å². The summed E-state index contributed by atoms with van der Waals surface area (Å²) in [4.78, 5) is 35.6. The summed E-state index contributed by atoms with van der Waals surface area (Å²) in [6.07, 6.45) is 0.814. The third kappa shape index (κ3) is 3.42. The van der Waals surface area contributed by atoms with E-state index in [0.717, 1.165) is 12.0 Å². The molecule has 0 aliphatic rings.